The highest BCUT2D eigenvalue weighted by Crippen LogP contribution is 2.24. The minimum absolute atomic E-state index is 0.0353. The zero-order chi connectivity index (χ0) is 16.8. The van der Waals surface area contributed by atoms with Crippen LogP contribution in [-0.4, -0.2) is 18.3 Å². The van der Waals surface area contributed by atoms with E-state index >= 15 is 0 Å². The third kappa shape index (κ3) is 4.10. The van der Waals surface area contributed by atoms with Gasteiger partial charge in [-0.2, -0.15) is 0 Å². The van der Waals surface area contributed by atoms with Gasteiger partial charge in [-0.05, 0) is 44.2 Å². The van der Waals surface area contributed by atoms with E-state index in [1.54, 1.807) is 42.5 Å². The zero-order valence-electron chi connectivity index (χ0n) is 13.2. The topological polar surface area (TPSA) is 78.6 Å². The minimum atomic E-state index is -0.553. The highest BCUT2D eigenvalue weighted by Gasteiger charge is 2.12. The van der Waals surface area contributed by atoms with Gasteiger partial charge in [0.05, 0.1) is 12.2 Å². The van der Waals surface area contributed by atoms with Gasteiger partial charge in [0.25, 0.3) is 5.91 Å². The molecule has 0 saturated carbocycles. The molecule has 23 heavy (non-hydrogen) atoms. The zero-order valence-corrected chi connectivity index (χ0v) is 13.2. The summed E-state index contributed by atoms with van der Waals surface area (Å²) in [6.07, 6.45) is 0. The quantitative estimate of drug-likeness (QED) is 0.797. The van der Waals surface area contributed by atoms with Crippen LogP contribution in [0.1, 0.15) is 40.1 Å². The SMILES string of the molecule is CCOc1ccc(C(C)=O)cc1COc1ccccc1C(N)=O. The van der Waals surface area contributed by atoms with Gasteiger partial charge >= 0.3 is 0 Å². The molecule has 0 spiro atoms. The van der Waals surface area contributed by atoms with Crippen molar-refractivity contribution in [3.63, 3.8) is 0 Å². The molecule has 2 aromatic carbocycles. The number of para-hydroxylation sites is 1. The van der Waals surface area contributed by atoms with Crippen LogP contribution in [0.15, 0.2) is 42.5 Å². The Morgan fingerprint density at radius 2 is 1.78 bits per heavy atom. The predicted molar refractivity (Wildman–Crippen MR) is 86.9 cm³/mol. The first-order chi connectivity index (χ1) is 11.0. The molecule has 2 aromatic rings. The standard InChI is InChI=1S/C18H19NO4/c1-3-22-16-9-8-13(12(2)20)10-14(16)11-23-17-7-5-4-6-15(17)18(19)21/h4-10H,3,11H2,1-2H3,(H2,19,21). The number of benzene rings is 2. The number of carbonyl (C=O) groups excluding carboxylic acids is 2. The summed E-state index contributed by atoms with van der Waals surface area (Å²) in [6.45, 7) is 4.06. The van der Waals surface area contributed by atoms with Gasteiger partial charge in [-0.1, -0.05) is 12.1 Å². The van der Waals surface area contributed by atoms with Crippen LogP contribution in [0.4, 0.5) is 0 Å². The third-order valence-electron chi connectivity index (χ3n) is 3.30. The summed E-state index contributed by atoms with van der Waals surface area (Å²) in [4.78, 5) is 23.0. The lowest BCUT2D eigenvalue weighted by atomic mass is 10.1. The number of rotatable bonds is 7. The van der Waals surface area contributed by atoms with Gasteiger partial charge < -0.3 is 15.2 Å². The molecule has 2 N–H and O–H groups in total. The van der Waals surface area contributed by atoms with Gasteiger partial charge in [-0.15, -0.1) is 0 Å². The van der Waals surface area contributed by atoms with E-state index in [4.69, 9.17) is 15.2 Å². The number of ketones is 1. The van der Waals surface area contributed by atoms with Crippen molar-refractivity contribution in [2.24, 2.45) is 5.73 Å². The van der Waals surface area contributed by atoms with Crippen molar-refractivity contribution in [3.8, 4) is 11.5 Å². The van der Waals surface area contributed by atoms with Crippen molar-refractivity contribution in [2.45, 2.75) is 20.5 Å². The maximum Gasteiger partial charge on any atom is 0.252 e. The summed E-state index contributed by atoms with van der Waals surface area (Å²) in [5, 5.41) is 0. The van der Waals surface area contributed by atoms with Crippen LogP contribution in [0.3, 0.4) is 0 Å². The normalized spacial score (nSPS) is 10.2. The van der Waals surface area contributed by atoms with E-state index in [-0.39, 0.29) is 12.4 Å². The molecule has 0 fully saturated rings. The molecule has 0 aliphatic carbocycles. The third-order valence-corrected chi connectivity index (χ3v) is 3.30. The number of nitrogens with two attached hydrogens (primary N) is 1. The fourth-order valence-corrected chi connectivity index (χ4v) is 2.16. The van der Waals surface area contributed by atoms with Crippen LogP contribution < -0.4 is 15.2 Å². The number of amides is 1. The molecule has 0 atom stereocenters. The Morgan fingerprint density at radius 1 is 1.04 bits per heavy atom. The number of ether oxygens (including phenoxy) is 2. The largest absolute Gasteiger partial charge is 0.493 e. The lowest BCUT2D eigenvalue weighted by Gasteiger charge is -2.14. The molecule has 5 heteroatoms. The molecule has 2 rings (SSSR count). The van der Waals surface area contributed by atoms with Crippen LogP contribution >= 0.6 is 0 Å². The maximum atomic E-state index is 11.5. The Bertz CT molecular complexity index is 725. The molecule has 0 aliphatic rings. The van der Waals surface area contributed by atoms with E-state index in [1.807, 2.05) is 6.92 Å². The van der Waals surface area contributed by atoms with Gasteiger partial charge in [0, 0.05) is 11.1 Å². The van der Waals surface area contributed by atoms with E-state index in [0.29, 0.717) is 29.2 Å². The Hall–Kier alpha value is -2.82. The van der Waals surface area contributed by atoms with Crippen LogP contribution in [0, 0.1) is 0 Å². The molecule has 0 unspecified atom stereocenters. The van der Waals surface area contributed by atoms with E-state index < -0.39 is 5.91 Å². The smallest absolute Gasteiger partial charge is 0.252 e. The molecular formula is C18H19NO4. The number of primary amides is 1. The molecule has 1 amide bonds. The van der Waals surface area contributed by atoms with Crippen LogP contribution in [-0.2, 0) is 6.61 Å². The van der Waals surface area contributed by atoms with Crippen LogP contribution in [0.25, 0.3) is 0 Å². The van der Waals surface area contributed by atoms with Crippen molar-refractivity contribution >= 4 is 11.7 Å². The van der Waals surface area contributed by atoms with Crippen molar-refractivity contribution in [3.05, 3.63) is 59.2 Å². The molecule has 0 heterocycles. The second-order valence-electron chi connectivity index (χ2n) is 4.96. The van der Waals surface area contributed by atoms with E-state index in [9.17, 15) is 9.59 Å². The highest BCUT2D eigenvalue weighted by molar-refractivity contribution is 5.95. The lowest BCUT2D eigenvalue weighted by molar-refractivity contribution is 0.0993. The average molecular weight is 313 g/mol. The average Bonchev–Trinajstić information content (AvgIpc) is 2.54. The van der Waals surface area contributed by atoms with E-state index in [0.717, 1.165) is 5.56 Å². The second kappa shape index (κ2) is 7.45. The second-order valence-corrected chi connectivity index (χ2v) is 4.96. The summed E-state index contributed by atoms with van der Waals surface area (Å²) in [6, 6.07) is 12.0. The first-order valence-corrected chi connectivity index (χ1v) is 7.31. The first kappa shape index (κ1) is 16.5. The molecule has 0 radical (unpaired) electrons. The number of carbonyl (C=O) groups is 2. The van der Waals surface area contributed by atoms with Gasteiger partial charge in [-0.25, -0.2) is 0 Å². The molecule has 0 aliphatic heterocycles. The Balaban J connectivity index is 2.27. The number of hydrogen-bond donors (Lipinski definition) is 1. The van der Waals surface area contributed by atoms with Crippen molar-refractivity contribution < 1.29 is 19.1 Å². The minimum Gasteiger partial charge on any atom is -0.493 e. The van der Waals surface area contributed by atoms with Gasteiger partial charge in [0.2, 0.25) is 0 Å². The Kier molecular flexibility index (Phi) is 5.36. The summed E-state index contributed by atoms with van der Waals surface area (Å²) < 4.78 is 11.3. The predicted octanol–water partition coefficient (Wildman–Crippen LogP) is 2.97. The fourth-order valence-electron chi connectivity index (χ4n) is 2.16. The monoisotopic (exact) mass is 313 g/mol. The summed E-state index contributed by atoms with van der Waals surface area (Å²) in [5.41, 5.74) is 6.96. The van der Waals surface area contributed by atoms with Gasteiger partial charge in [0.15, 0.2) is 5.78 Å². The molecule has 5 nitrogen and oxygen atoms in total. The summed E-state index contributed by atoms with van der Waals surface area (Å²) in [5.74, 6) is 0.458. The van der Waals surface area contributed by atoms with Crippen LogP contribution in [0.2, 0.25) is 0 Å². The molecule has 0 aromatic heterocycles. The van der Waals surface area contributed by atoms with Crippen molar-refractivity contribution in [1.82, 2.24) is 0 Å². The van der Waals surface area contributed by atoms with E-state index in [1.165, 1.54) is 6.92 Å². The Morgan fingerprint density at radius 3 is 2.43 bits per heavy atom. The molecule has 0 saturated heterocycles. The van der Waals surface area contributed by atoms with Crippen LogP contribution in [0.5, 0.6) is 11.5 Å². The molecule has 0 bridgehead atoms. The fraction of sp³-hybridized carbons (Fsp3) is 0.222. The lowest BCUT2D eigenvalue weighted by Crippen LogP contribution is -2.13. The highest BCUT2D eigenvalue weighted by atomic mass is 16.5. The van der Waals surface area contributed by atoms with E-state index in [2.05, 4.69) is 0 Å². The molecular weight excluding hydrogens is 294 g/mol. The van der Waals surface area contributed by atoms with Gasteiger partial charge in [0.1, 0.15) is 18.1 Å². The number of hydrogen-bond acceptors (Lipinski definition) is 4. The molecule has 120 valence electrons. The Labute approximate surface area is 135 Å². The summed E-state index contributed by atoms with van der Waals surface area (Å²) in [7, 11) is 0. The van der Waals surface area contributed by atoms with Crippen molar-refractivity contribution in [1.29, 1.82) is 0 Å². The maximum absolute atomic E-state index is 11.5. The number of Topliss-reactive ketones (excluding diaryl/α,β-unsaturated/α-hetero) is 1. The summed E-state index contributed by atoms with van der Waals surface area (Å²) >= 11 is 0. The first-order valence-electron chi connectivity index (χ1n) is 7.31. The van der Waals surface area contributed by atoms with Gasteiger partial charge in [-0.3, -0.25) is 9.59 Å². The van der Waals surface area contributed by atoms with Crippen molar-refractivity contribution in [2.75, 3.05) is 6.61 Å².